The summed E-state index contributed by atoms with van der Waals surface area (Å²) in [6.45, 7) is 7.74. The molecule has 1 atom stereocenters. The molecule has 0 radical (unpaired) electrons. The molecule has 4 nitrogen and oxygen atoms in total. The first-order chi connectivity index (χ1) is 9.69. The number of amides is 1. The number of hydrogen-bond acceptors (Lipinski definition) is 3. The van der Waals surface area contributed by atoms with Gasteiger partial charge in [-0.15, -0.1) is 0 Å². The fourth-order valence-corrected chi connectivity index (χ4v) is 2.59. The third-order valence-corrected chi connectivity index (χ3v) is 4.46. The maximum Gasteiger partial charge on any atom is 0.276 e. The van der Waals surface area contributed by atoms with Crippen molar-refractivity contribution in [2.75, 3.05) is 0 Å². The Morgan fingerprint density at radius 1 is 1.38 bits per heavy atom. The number of aliphatic hydroxyl groups is 1. The Morgan fingerprint density at radius 2 is 1.95 bits per heavy atom. The maximum absolute atomic E-state index is 12.7. The molecule has 1 heterocycles. The van der Waals surface area contributed by atoms with Gasteiger partial charge in [-0.05, 0) is 30.7 Å². The zero-order valence-corrected chi connectivity index (χ0v) is 14.4. The second-order valence-electron chi connectivity index (χ2n) is 6.39. The molecule has 0 aliphatic carbocycles. The number of carbonyl (C=O) groups excluding carboxylic acids is 1. The first-order valence-electron chi connectivity index (χ1n) is 7.08. The minimum Gasteiger partial charge on any atom is -0.368 e. The predicted molar refractivity (Wildman–Crippen MR) is 87.1 cm³/mol. The van der Waals surface area contributed by atoms with Crippen LogP contribution in [0.25, 0.3) is 0 Å². The topological polar surface area (TPSA) is 52.9 Å². The van der Waals surface area contributed by atoms with Crippen molar-refractivity contribution >= 4 is 27.5 Å². The Labute approximate surface area is 134 Å². The van der Waals surface area contributed by atoms with E-state index in [1.54, 1.807) is 12.1 Å². The van der Waals surface area contributed by atoms with Crippen molar-refractivity contribution in [3.8, 4) is 0 Å². The summed E-state index contributed by atoms with van der Waals surface area (Å²) >= 11 is 3.35. The van der Waals surface area contributed by atoms with Crippen molar-refractivity contribution < 1.29 is 9.90 Å². The summed E-state index contributed by atoms with van der Waals surface area (Å²) in [4.78, 5) is 12.7. The summed E-state index contributed by atoms with van der Waals surface area (Å²) in [7, 11) is 0. The van der Waals surface area contributed by atoms with Gasteiger partial charge >= 0.3 is 0 Å². The highest BCUT2D eigenvalue weighted by atomic mass is 79.9. The van der Waals surface area contributed by atoms with Gasteiger partial charge in [0.1, 0.15) is 0 Å². The van der Waals surface area contributed by atoms with E-state index in [9.17, 15) is 9.90 Å². The fraction of sp³-hybridized carbons (Fsp3) is 0.500. The van der Waals surface area contributed by atoms with Crippen LogP contribution >= 0.6 is 15.9 Å². The van der Waals surface area contributed by atoms with Crippen molar-refractivity contribution in [3.05, 3.63) is 34.3 Å². The van der Waals surface area contributed by atoms with Crippen LogP contribution in [0.1, 0.15) is 50.9 Å². The maximum atomic E-state index is 12.7. The molecule has 0 fully saturated rings. The van der Waals surface area contributed by atoms with E-state index in [-0.39, 0.29) is 5.91 Å². The number of benzene rings is 1. The third kappa shape index (κ3) is 2.90. The second-order valence-corrected chi connectivity index (χ2v) is 7.30. The van der Waals surface area contributed by atoms with Crippen molar-refractivity contribution in [2.45, 2.75) is 46.3 Å². The summed E-state index contributed by atoms with van der Waals surface area (Å²) in [6.07, 6.45) is 1.12. The highest BCUT2D eigenvalue weighted by Crippen LogP contribution is 2.41. The zero-order valence-electron chi connectivity index (χ0n) is 12.9. The van der Waals surface area contributed by atoms with Crippen LogP contribution < -0.4 is 0 Å². The lowest BCUT2D eigenvalue weighted by Crippen LogP contribution is -2.54. The minimum atomic E-state index is -1.29. The van der Waals surface area contributed by atoms with Crippen molar-refractivity contribution in [2.24, 2.45) is 10.5 Å². The average molecular weight is 353 g/mol. The molecule has 0 unspecified atom stereocenters. The molecule has 1 aliphatic heterocycles. The lowest BCUT2D eigenvalue weighted by molar-refractivity contribution is -0.143. The van der Waals surface area contributed by atoms with Crippen LogP contribution in [0, 0.1) is 5.41 Å². The van der Waals surface area contributed by atoms with Crippen LogP contribution in [-0.4, -0.2) is 27.5 Å². The van der Waals surface area contributed by atoms with E-state index in [0.717, 1.165) is 16.6 Å². The molecule has 21 heavy (non-hydrogen) atoms. The van der Waals surface area contributed by atoms with Crippen LogP contribution in [0.3, 0.4) is 0 Å². The van der Waals surface area contributed by atoms with E-state index in [1.165, 1.54) is 5.01 Å². The molecule has 1 N–H and O–H groups in total. The Balaban J connectivity index is 2.40. The van der Waals surface area contributed by atoms with Crippen molar-refractivity contribution in [1.82, 2.24) is 5.01 Å². The lowest BCUT2D eigenvalue weighted by Gasteiger charge is -2.41. The van der Waals surface area contributed by atoms with Gasteiger partial charge in [0.15, 0.2) is 5.72 Å². The Kier molecular flexibility index (Phi) is 4.26. The number of nitrogens with zero attached hydrogens (tertiary/aromatic N) is 2. The SMILES string of the molecule is CCC1=NN(C(=O)c2ccc(Br)cc2)[C@@](O)(C(C)(C)C)C1. The smallest absolute Gasteiger partial charge is 0.276 e. The Bertz CT molecular complexity index is 575. The summed E-state index contributed by atoms with van der Waals surface area (Å²) in [6, 6.07) is 7.08. The molecule has 0 bridgehead atoms. The molecule has 1 amide bonds. The number of hydrazone groups is 1. The summed E-state index contributed by atoms with van der Waals surface area (Å²) < 4.78 is 0.907. The van der Waals surface area contributed by atoms with Crippen LogP contribution in [0.2, 0.25) is 0 Å². The molecular weight excluding hydrogens is 332 g/mol. The molecule has 0 saturated carbocycles. The molecule has 2 rings (SSSR count). The van der Waals surface area contributed by atoms with E-state index in [0.29, 0.717) is 12.0 Å². The first kappa shape index (κ1) is 16.2. The number of halogens is 1. The summed E-state index contributed by atoms with van der Waals surface area (Å²) in [5, 5.41) is 16.7. The van der Waals surface area contributed by atoms with E-state index in [1.807, 2.05) is 39.8 Å². The van der Waals surface area contributed by atoms with Gasteiger partial charge in [0, 0.05) is 27.6 Å². The van der Waals surface area contributed by atoms with Crippen LogP contribution in [0.15, 0.2) is 33.8 Å². The quantitative estimate of drug-likeness (QED) is 0.879. The molecule has 0 aromatic heterocycles. The fourth-order valence-electron chi connectivity index (χ4n) is 2.33. The van der Waals surface area contributed by atoms with Gasteiger partial charge in [-0.1, -0.05) is 43.6 Å². The summed E-state index contributed by atoms with van der Waals surface area (Å²) in [5.41, 5.74) is -0.416. The minimum absolute atomic E-state index is 0.275. The normalized spacial score (nSPS) is 22.4. The van der Waals surface area contributed by atoms with Crippen LogP contribution in [0.5, 0.6) is 0 Å². The molecule has 5 heteroatoms. The highest BCUT2D eigenvalue weighted by Gasteiger charge is 2.52. The van der Waals surface area contributed by atoms with E-state index in [4.69, 9.17) is 0 Å². The van der Waals surface area contributed by atoms with Gasteiger partial charge in [0.2, 0.25) is 0 Å². The lowest BCUT2D eigenvalue weighted by atomic mass is 9.79. The zero-order chi connectivity index (χ0) is 15.8. The molecule has 1 aliphatic rings. The standard InChI is InChI=1S/C16H21BrN2O2/c1-5-13-10-16(21,15(2,3)4)19(18-13)14(20)11-6-8-12(17)9-7-11/h6-9,21H,5,10H2,1-4H3/t16-/m0/s1. The molecule has 114 valence electrons. The number of carbonyl (C=O) groups is 1. The molecular formula is C16H21BrN2O2. The largest absolute Gasteiger partial charge is 0.368 e. The van der Waals surface area contributed by atoms with Crippen LogP contribution in [-0.2, 0) is 0 Å². The Hall–Kier alpha value is -1.20. The number of hydrogen-bond donors (Lipinski definition) is 1. The molecule has 0 saturated heterocycles. The van der Waals surface area contributed by atoms with Gasteiger partial charge < -0.3 is 5.11 Å². The number of rotatable bonds is 2. The van der Waals surface area contributed by atoms with Gasteiger partial charge in [-0.3, -0.25) is 4.79 Å². The van der Waals surface area contributed by atoms with Crippen molar-refractivity contribution in [3.63, 3.8) is 0 Å². The van der Waals surface area contributed by atoms with Crippen molar-refractivity contribution in [1.29, 1.82) is 0 Å². The van der Waals surface area contributed by atoms with Gasteiger partial charge in [0.25, 0.3) is 5.91 Å². The van der Waals surface area contributed by atoms with E-state index in [2.05, 4.69) is 21.0 Å². The van der Waals surface area contributed by atoms with Gasteiger partial charge in [-0.25, -0.2) is 0 Å². The van der Waals surface area contributed by atoms with Gasteiger partial charge in [-0.2, -0.15) is 10.1 Å². The highest BCUT2D eigenvalue weighted by molar-refractivity contribution is 9.10. The Morgan fingerprint density at radius 3 is 2.43 bits per heavy atom. The average Bonchev–Trinajstić information content (AvgIpc) is 2.77. The molecule has 1 aromatic rings. The summed E-state index contributed by atoms with van der Waals surface area (Å²) in [5.74, 6) is -0.275. The third-order valence-electron chi connectivity index (χ3n) is 3.94. The second kappa shape index (κ2) is 5.54. The molecule has 0 spiro atoms. The van der Waals surface area contributed by atoms with E-state index < -0.39 is 11.1 Å². The first-order valence-corrected chi connectivity index (χ1v) is 7.87. The molecule has 1 aromatic carbocycles. The van der Waals surface area contributed by atoms with Crippen LogP contribution in [0.4, 0.5) is 0 Å². The predicted octanol–water partition coefficient (Wildman–Crippen LogP) is 3.80. The monoisotopic (exact) mass is 352 g/mol. The van der Waals surface area contributed by atoms with E-state index >= 15 is 0 Å². The van der Waals surface area contributed by atoms with Gasteiger partial charge in [0.05, 0.1) is 0 Å².